The van der Waals surface area contributed by atoms with Crippen LogP contribution in [0.4, 0.5) is 0 Å². The molecule has 0 rings (SSSR count). The van der Waals surface area contributed by atoms with E-state index < -0.39 is 10.8 Å². The quantitative estimate of drug-likeness (QED) is 0.562. The Bertz CT molecular complexity index is 117. The molecule has 0 heterocycles. The Morgan fingerprint density at radius 2 is 2.00 bits per heavy atom. The van der Waals surface area contributed by atoms with Crippen LogP contribution in [0.1, 0.15) is 20.8 Å². The minimum atomic E-state index is -0.458. The molecule has 0 fully saturated rings. The second kappa shape index (κ2) is 2.71. The lowest BCUT2D eigenvalue weighted by molar-refractivity contribution is -0.118. The van der Waals surface area contributed by atoms with Crippen molar-refractivity contribution in [2.75, 3.05) is 0 Å². The van der Waals surface area contributed by atoms with Crippen molar-refractivity contribution in [3.8, 4) is 0 Å². The highest BCUT2D eigenvalue weighted by Gasteiger charge is 2.24. The first-order valence-electron chi connectivity index (χ1n) is 2.84. The Balaban J connectivity index is 4.04. The van der Waals surface area contributed by atoms with E-state index in [9.17, 15) is 4.79 Å². The first-order chi connectivity index (χ1) is 3.85. The van der Waals surface area contributed by atoms with Gasteiger partial charge in [0.05, 0.1) is 6.04 Å². The Morgan fingerprint density at radius 3 is 2.00 bits per heavy atom. The van der Waals surface area contributed by atoms with Crippen molar-refractivity contribution in [2.45, 2.75) is 31.6 Å². The summed E-state index contributed by atoms with van der Waals surface area (Å²) < 4.78 is -0.397. The van der Waals surface area contributed by atoms with Gasteiger partial charge in [-0.3, -0.25) is 4.79 Å². The Labute approximate surface area is 61.2 Å². The zero-order valence-corrected chi connectivity index (χ0v) is 6.90. The zero-order chi connectivity index (χ0) is 7.65. The van der Waals surface area contributed by atoms with Crippen molar-refractivity contribution < 1.29 is 4.79 Å². The van der Waals surface area contributed by atoms with Crippen molar-refractivity contribution >= 4 is 18.4 Å². The topological polar surface area (TPSA) is 43.1 Å². The fourth-order valence-corrected chi connectivity index (χ4v) is 0.679. The van der Waals surface area contributed by atoms with E-state index in [0.717, 1.165) is 0 Å². The number of Topliss-reactive ketones (excluding diaryl/α,β-unsaturated/α-hetero) is 1. The summed E-state index contributed by atoms with van der Waals surface area (Å²) in [5.74, 6) is -0.0185. The molecule has 2 nitrogen and oxygen atoms in total. The molecule has 0 amide bonds. The lowest BCUT2D eigenvalue weighted by Gasteiger charge is -2.22. The maximum atomic E-state index is 10.6. The van der Waals surface area contributed by atoms with E-state index in [0.29, 0.717) is 0 Å². The first-order valence-corrected chi connectivity index (χ1v) is 3.29. The lowest BCUT2D eigenvalue weighted by Crippen LogP contribution is -2.44. The first kappa shape index (κ1) is 8.98. The summed E-state index contributed by atoms with van der Waals surface area (Å²) in [4.78, 5) is 10.6. The normalized spacial score (nSPS) is 15.2. The van der Waals surface area contributed by atoms with Crippen LogP contribution in [0, 0.1) is 0 Å². The molecule has 0 radical (unpaired) electrons. The molecule has 0 unspecified atom stereocenters. The van der Waals surface area contributed by atoms with E-state index in [1.54, 1.807) is 0 Å². The van der Waals surface area contributed by atoms with Gasteiger partial charge in [-0.15, -0.1) is 0 Å². The summed E-state index contributed by atoms with van der Waals surface area (Å²) in [6, 6.07) is -0.458. The number of thiol groups is 1. The van der Waals surface area contributed by atoms with Gasteiger partial charge in [0.15, 0.2) is 0 Å². The van der Waals surface area contributed by atoms with Gasteiger partial charge in [-0.2, -0.15) is 12.6 Å². The smallest absolute Gasteiger partial charge is 0.147 e. The third-order valence-electron chi connectivity index (χ3n) is 1.20. The van der Waals surface area contributed by atoms with Crippen molar-refractivity contribution in [1.29, 1.82) is 0 Å². The molecule has 3 heteroatoms. The van der Waals surface area contributed by atoms with Crippen LogP contribution >= 0.6 is 12.6 Å². The number of hydrogen-bond donors (Lipinski definition) is 2. The molecular formula is C6H13NOS. The molecular weight excluding hydrogens is 134 g/mol. The van der Waals surface area contributed by atoms with Gasteiger partial charge in [-0.05, 0) is 20.8 Å². The second-order valence-electron chi connectivity index (χ2n) is 2.74. The van der Waals surface area contributed by atoms with Gasteiger partial charge in [-0.1, -0.05) is 0 Å². The SMILES string of the molecule is CC(=O)[C@@H](N)C(C)(C)S. The average molecular weight is 147 g/mol. The number of nitrogens with two attached hydrogens (primary N) is 1. The van der Waals surface area contributed by atoms with E-state index >= 15 is 0 Å². The summed E-state index contributed by atoms with van der Waals surface area (Å²) in [6.07, 6.45) is 0. The molecule has 1 atom stereocenters. The number of carbonyl (C=O) groups excluding carboxylic acids is 1. The van der Waals surface area contributed by atoms with E-state index in [1.807, 2.05) is 13.8 Å². The third kappa shape index (κ3) is 2.87. The highest BCUT2D eigenvalue weighted by molar-refractivity contribution is 7.81. The summed E-state index contributed by atoms with van der Waals surface area (Å²) in [7, 11) is 0. The van der Waals surface area contributed by atoms with Crippen LogP contribution in [0.3, 0.4) is 0 Å². The summed E-state index contributed by atoms with van der Waals surface area (Å²) in [6.45, 7) is 5.12. The molecule has 0 saturated carbocycles. The summed E-state index contributed by atoms with van der Waals surface area (Å²) >= 11 is 4.14. The average Bonchev–Trinajstić information content (AvgIpc) is 1.62. The largest absolute Gasteiger partial charge is 0.320 e. The van der Waals surface area contributed by atoms with Crippen molar-refractivity contribution in [3.63, 3.8) is 0 Å². The van der Waals surface area contributed by atoms with E-state index in [1.165, 1.54) is 6.92 Å². The number of hydrogen-bond acceptors (Lipinski definition) is 3. The van der Waals surface area contributed by atoms with Crippen molar-refractivity contribution in [3.05, 3.63) is 0 Å². The van der Waals surface area contributed by atoms with E-state index in [2.05, 4.69) is 12.6 Å². The van der Waals surface area contributed by atoms with Gasteiger partial charge >= 0.3 is 0 Å². The molecule has 2 N–H and O–H groups in total. The van der Waals surface area contributed by atoms with Crippen LogP contribution in [0.5, 0.6) is 0 Å². The fourth-order valence-electron chi connectivity index (χ4n) is 0.497. The van der Waals surface area contributed by atoms with Gasteiger partial charge in [0.25, 0.3) is 0 Å². The maximum Gasteiger partial charge on any atom is 0.147 e. The number of carbonyl (C=O) groups is 1. The molecule has 0 aliphatic heterocycles. The predicted molar refractivity (Wildman–Crippen MR) is 41.7 cm³/mol. The van der Waals surface area contributed by atoms with Crippen LogP contribution in [-0.4, -0.2) is 16.6 Å². The van der Waals surface area contributed by atoms with Gasteiger partial charge in [0.1, 0.15) is 5.78 Å². The van der Waals surface area contributed by atoms with Gasteiger partial charge in [-0.25, -0.2) is 0 Å². The minimum Gasteiger partial charge on any atom is -0.320 e. The molecule has 0 spiro atoms. The lowest BCUT2D eigenvalue weighted by atomic mass is 10.0. The summed E-state index contributed by atoms with van der Waals surface area (Å²) in [5, 5.41) is 0. The van der Waals surface area contributed by atoms with Crippen LogP contribution in [0.25, 0.3) is 0 Å². The zero-order valence-electron chi connectivity index (χ0n) is 6.01. The number of rotatable bonds is 2. The Kier molecular flexibility index (Phi) is 2.70. The molecule has 0 aliphatic rings. The molecule has 0 aromatic carbocycles. The Morgan fingerprint density at radius 1 is 1.67 bits per heavy atom. The van der Waals surface area contributed by atoms with E-state index in [4.69, 9.17) is 5.73 Å². The monoisotopic (exact) mass is 147 g/mol. The van der Waals surface area contributed by atoms with Gasteiger partial charge in [0, 0.05) is 4.75 Å². The fraction of sp³-hybridized carbons (Fsp3) is 0.833. The maximum absolute atomic E-state index is 10.6. The van der Waals surface area contributed by atoms with Crippen molar-refractivity contribution in [2.24, 2.45) is 5.73 Å². The second-order valence-corrected chi connectivity index (χ2v) is 3.89. The standard InChI is InChI=1S/C6H13NOS/c1-4(8)5(7)6(2,3)9/h5,9H,7H2,1-3H3/t5-/m1/s1. The summed E-state index contributed by atoms with van der Waals surface area (Å²) in [5.41, 5.74) is 5.47. The highest BCUT2D eigenvalue weighted by Crippen LogP contribution is 2.15. The highest BCUT2D eigenvalue weighted by atomic mass is 32.1. The number of ketones is 1. The van der Waals surface area contributed by atoms with Crippen LogP contribution in [0.2, 0.25) is 0 Å². The van der Waals surface area contributed by atoms with Crippen LogP contribution in [0.15, 0.2) is 0 Å². The van der Waals surface area contributed by atoms with Crippen LogP contribution in [-0.2, 0) is 4.79 Å². The molecule has 0 bridgehead atoms. The molecule has 0 saturated heterocycles. The predicted octanol–water partition coefficient (Wildman–Crippen LogP) is 0.611. The molecule has 9 heavy (non-hydrogen) atoms. The van der Waals surface area contributed by atoms with Gasteiger partial charge in [0.2, 0.25) is 0 Å². The molecule has 54 valence electrons. The minimum absolute atomic E-state index is 0.0185. The molecule has 0 aromatic heterocycles. The Hall–Kier alpha value is -0.0200. The van der Waals surface area contributed by atoms with Crippen molar-refractivity contribution in [1.82, 2.24) is 0 Å². The van der Waals surface area contributed by atoms with Crippen LogP contribution < -0.4 is 5.73 Å². The van der Waals surface area contributed by atoms with Gasteiger partial charge < -0.3 is 5.73 Å². The van der Waals surface area contributed by atoms with E-state index in [-0.39, 0.29) is 5.78 Å². The third-order valence-corrected chi connectivity index (χ3v) is 1.48. The molecule has 0 aromatic rings. The molecule has 0 aliphatic carbocycles.